The topological polar surface area (TPSA) is 97.5 Å². The van der Waals surface area contributed by atoms with Gasteiger partial charge in [-0.1, -0.05) is 23.7 Å². The number of benzene rings is 1. The van der Waals surface area contributed by atoms with Crippen molar-refractivity contribution in [1.82, 2.24) is 19.4 Å². The summed E-state index contributed by atoms with van der Waals surface area (Å²) in [4.78, 5) is 33.9. The number of ether oxygens (including phenoxy) is 1. The first kappa shape index (κ1) is 21.6. The van der Waals surface area contributed by atoms with Gasteiger partial charge in [0.25, 0.3) is 5.91 Å². The molecule has 1 amide bonds. The summed E-state index contributed by atoms with van der Waals surface area (Å²) >= 11 is 5.89. The number of amides is 1. The van der Waals surface area contributed by atoms with Crippen molar-refractivity contribution in [3.63, 3.8) is 0 Å². The summed E-state index contributed by atoms with van der Waals surface area (Å²) in [5.41, 5.74) is -0.888. The van der Waals surface area contributed by atoms with Crippen molar-refractivity contribution in [3.05, 3.63) is 76.5 Å². The molecule has 3 heterocycles. The predicted octanol–water partition coefficient (Wildman–Crippen LogP) is 4.33. The summed E-state index contributed by atoms with van der Waals surface area (Å²) in [6.07, 6.45) is -4.70. The lowest BCUT2D eigenvalue weighted by Gasteiger charge is -2.34. The molecular weight excluding hydrogens is 453 g/mol. The van der Waals surface area contributed by atoms with Gasteiger partial charge in [-0.2, -0.15) is 13.2 Å². The van der Waals surface area contributed by atoms with E-state index in [1.165, 1.54) is 6.33 Å². The molecule has 0 radical (unpaired) electrons. The van der Waals surface area contributed by atoms with Gasteiger partial charge in [0, 0.05) is 19.2 Å². The maximum absolute atomic E-state index is 13.2. The molecule has 1 atom stereocenters. The molecule has 166 valence electrons. The number of pyridine rings is 1. The standard InChI is InChI=1S/C20H14ClF3N4O4/c21-15-11(4-3-5-12(15)20(22,23)24)17(29)27-9-7-13-16(18(27)32-19(30)31)26-10-28(13)14-6-1-2-8-25-14/h1-6,8,10,18H,7,9H2,(H,30,31). The van der Waals surface area contributed by atoms with Gasteiger partial charge in [0.05, 0.1) is 21.8 Å². The Hall–Kier alpha value is -3.60. The molecule has 1 aliphatic heterocycles. The molecule has 32 heavy (non-hydrogen) atoms. The summed E-state index contributed by atoms with van der Waals surface area (Å²) in [6, 6.07) is 8.15. The van der Waals surface area contributed by atoms with E-state index in [0.717, 1.165) is 23.1 Å². The van der Waals surface area contributed by atoms with Gasteiger partial charge in [-0.3, -0.25) is 14.3 Å². The van der Waals surface area contributed by atoms with Crippen LogP contribution in [0.2, 0.25) is 5.02 Å². The van der Waals surface area contributed by atoms with Crippen LogP contribution in [0.3, 0.4) is 0 Å². The molecule has 4 rings (SSSR count). The Morgan fingerprint density at radius 3 is 2.59 bits per heavy atom. The maximum atomic E-state index is 13.2. The lowest BCUT2D eigenvalue weighted by molar-refractivity contribution is -0.137. The van der Waals surface area contributed by atoms with E-state index in [4.69, 9.17) is 16.3 Å². The van der Waals surface area contributed by atoms with Gasteiger partial charge in [-0.05, 0) is 24.3 Å². The van der Waals surface area contributed by atoms with Crippen LogP contribution in [0, 0.1) is 0 Å². The van der Waals surface area contributed by atoms with Crippen LogP contribution in [0.1, 0.15) is 33.5 Å². The normalized spacial score (nSPS) is 15.9. The molecular formula is C20H14ClF3N4O4. The third kappa shape index (κ3) is 3.86. The molecule has 0 fully saturated rings. The Kier molecular flexibility index (Phi) is 5.51. The smallest absolute Gasteiger partial charge is 0.450 e. The molecule has 8 nitrogen and oxygen atoms in total. The Balaban J connectivity index is 1.74. The van der Waals surface area contributed by atoms with Crippen LogP contribution in [-0.4, -0.2) is 43.1 Å². The third-order valence-electron chi connectivity index (χ3n) is 4.91. The molecule has 1 unspecified atom stereocenters. The number of hydrogen-bond donors (Lipinski definition) is 1. The monoisotopic (exact) mass is 466 g/mol. The summed E-state index contributed by atoms with van der Waals surface area (Å²) in [7, 11) is 0. The second-order valence-corrected chi connectivity index (χ2v) is 7.16. The fourth-order valence-electron chi connectivity index (χ4n) is 3.52. The van der Waals surface area contributed by atoms with Crippen LogP contribution in [-0.2, 0) is 17.3 Å². The number of carboxylic acid groups (broad SMARTS) is 1. The second kappa shape index (κ2) is 8.15. The van der Waals surface area contributed by atoms with Crippen molar-refractivity contribution < 1.29 is 32.6 Å². The molecule has 1 N–H and O–H groups in total. The van der Waals surface area contributed by atoms with Crippen LogP contribution in [0.5, 0.6) is 0 Å². The number of aromatic nitrogens is 3. The predicted molar refractivity (Wildman–Crippen MR) is 104 cm³/mol. The Bertz CT molecular complexity index is 1180. The molecule has 12 heteroatoms. The van der Waals surface area contributed by atoms with Gasteiger partial charge in [0.2, 0.25) is 6.23 Å². The third-order valence-corrected chi connectivity index (χ3v) is 5.32. The first-order chi connectivity index (χ1) is 15.2. The quantitative estimate of drug-likeness (QED) is 0.577. The average molecular weight is 467 g/mol. The minimum absolute atomic E-state index is 0.0467. The van der Waals surface area contributed by atoms with Crippen molar-refractivity contribution in [2.75, 3.05) is 6.54 Å². The van der Waals surface area contributed by atoms with Crippen molar-refractivity contribution in [1.29, 1.82) is 0 Å². The second-order valence-electron chi connectivity index (χ2n) is 6.78. The van der Waals surface area contributed by atoms with E-state index in [0.29, 0.717) is 11.5 Å². The first-order valence-corrected chi connectivity index (χ1v) is 9.60. The largest absolute Gasteiger partial charge is 0.508 e. The number of imidazole rings is 1. The van der Waals surface area contributed by atoms with E-state index in [-0.39, 0.29) is 18.7 Å². The van der Waals surface area contributed by atoms with E-state index in [2.05, 4.69) is 9.97 Å². The van der Waals surface area contributed by atoms with Crippen molar-refractivity contribution in [2.45, 2.75) is 18.8 Å². The number of nitrogens with zero attached hydrogens (tertiary/aromatic N) is 4. The maximum Gasteiger partial charge on any atom is 0.508 e. The molecule has 0 saturated heterocycles. The van der Waals surface area contributed by atoms with Gasteiger partial charge < -0.3 is 9.84 Å². The molecule has 1 aliphatic rings. The summed E-state index contributed by atoms with van der Waals surface area (Å²) in [5.74, 6) is -0.388. The SMILES string of the molecule is O=C(O)OC1c2ncn(-c3ccccn3)c2CCN1C(=O)c1cccc(C(F)(F)F)c1Cl. The molecule has 0 aliphatic carbocycles. The number of carbonyl (C=O) groups is 2. The molecule has 0 spiro atoms. The fourth-order valence-corrected chi connectivity index (χ4v) is 3.83. The summed E-state index contributed by atoms with van der Waals surface area (Å²) in [5, 5.41) is 8.43. The number of rotatable bonds is 3. The summed E-state index contributed by atoms with van der Waals surface area (Å²) < 4.78 is 46.2. The molecule has 0 bridgehead atoms. The number of halogens is 4. The highest BCUT2D eigenvalue weighted by Gasteiger charge is 2.40. The van der Waals surface area contributed by atoms with Gasteiger partial charge in [0.15, 0.2) is 0 Å². The number of alkyl halides is 3. The molecule has 2 aromatic heterocycles. The van der Waals surface area contributed by atoms with Gasteiger partial charge in [0.1, 0.15) is 17.8 Å². The van der Waals surface area contributed by atoms with Crippen LogP contribution in [0.4, 0.5) is 18.0 Å². The Morgan fingerprint density at radius 1 is 1.16 bits per heavy atom. The lowest BCUT2D eigenvalue weighted by Crippen LogP contribution is -2.42. The van der Waals surface area contributed by atoms with Crippen molar-refractivity contribution in [2.24, 2.45) is 0 Å². The highest BCUT2D eigenvalue weighted by atomic mass is 35.5. The van der Waals surface area contributed by atoms with Crippen LogP contribution >= 0.6 is 11.6 Å². The molecule has 1 aromatic carbocycles. The van der Waals surface area contributed by atoms with Crippen LogP contribution < -0.4 is 0 Å². The van der Waals surface area contributed by atoms with E-state index in [1.54, 1.807) is 29.0 Å². The average Bonchev–Trinajstić information content (AvgIpc) is 3.18. The first-order valence-electron chi connectivity index (χ1n) is 9.22. The van der Waals surface area contributed by atoms with E-state index < -0.39 is 40.6 Å². The summed E-state index contributed by atoms with van der Waals surface area (Å²) in [6.45, 7) is -0.0467. The highest BCUT2D eigenvalue weighted by Crippen LogP contribution is 2.38. The minimum atomic E-state index is -4.76. The zero-order valence-corrected chi connectivity index (χ0v) is 16.8. The number of carbonyl (C=O) groups excluding carboxylic acids is 1. The van der Waals surface area contributed by atoms with Crippen molar-refractivity contribution >= 4 is 23.7 Å². The van der Waals surface area contributed by atoms with Crippen molar-refractivity contribution in [3.8, 4) is 5.82 Å². The Labute approximate surface area is 183 Å². The minimum Gasteiger partial charge on any atom is -0.450 e. The number of fused-ring (bicyclic) bond motifs is 1. The fraction of sp³-hybridized carbons (Fsp3) is 0.200. The zero-order valence-electron chi connectivity index (χ0n) is 16.1. The Morgan fingerprint density at radius 2 is 1.94 bits per heavy atom. The van der Waals surface area contributed by atoms with E-state index in [1.807, 2.05) is 0 Å². The van der Waals surface area contributed by atoms with Crippen LogP contribution in [0.15, 0.2) is 48.9 Å². The van der Waals surface area contributed by atoms with Gasteiger partial charge in [-0.15, -0.1) is 0 Å². The van der Waals surface area contributed by atoms with Gasteiger partial charge in [-0.25, -0.2) is 14.8 Å². The number of hydrogen-bond acceptors (Lipinski definition) is 5. The van der Waals surface area contributed by atoms with Gasteiger partial charge >= 0.3 is 12.3 Å². The van der Waals surface area contributed by atoms with E-state index >= 15 is 0 Å². The highest BCUT2D eigenvalue weighted by molar-refractivity contribution is 6.34. The lowest BCUT2D eigenvalue weighted by atomic mass is 10.1. The molecule has 3 aromatic rings. The molecule has 0 saturated carbocycles. The zero-order chi connectivity index (χ0) is 23.0. The van der Waals surface area contributed by atoms with E-state index in [9.17, 15) is 27.9 Å². The van der Waals surface area contributed by atoms with Crippen LogP contribution in [0.25, 0.3) is 5.82 Å².